The first-order valence-corrected chi connectivity index (χ1v) is 11.7. The molecule has 1 saturated heterocycles. The van der Waals surface area contributed by atoms with Gasteiger partial charge in [-0.2, -0.15) is 0 Å². The Morgan fingerprint density at radius 1 is 1.00 bits per heavy atom. The van der Waals surface area contributed by atoms with Crippen molar-refractivity contribution >= 4 is 45.8 Å². The van der Waals surface area contributed by atoms with Crippen LogP contribution in [0.4, 0.5) is 5.69 Å². The normalized spacial score (nSPS) is 15.8. The van der Waals surface area contributed by atoms with Gasteiger partial charge in [0.15, 0.2) is 0 Å². The molecule has 34 heavy (non-hydrogen) atoms. The topological polar surface area (TPSA) is 56.6 Å². The molecule has 0 radical (unpaired) electrons. The molecule has 1 unspecified atom stereocenters. The number of nitrogens with zero attached hydrogens (tertiary/aromatic N) is 3. The Hall–Kier alpha value is -3.22. The van der Waals surface area contributed by atoms with Crippen LogP contribution in [0, 0.1) is 0 Å². The first-order valence-electron chi connectivity index (χ1n) is 10.9. The highest BCUT2D eigenvalue weighted by molar-refractivity contribution is 6.36. The predicted octanol–water partition coefficient (Wildman–Crippen LogP) is 5.93. The summed E-state index contributed by atoms with van der Waals surface area (Å²) in [4.78, 5) is 19.8. The highest BCUT2D eigenvalue weighted by Gasteiger charge is 2.36. The summed E-state index contributed by atoms with van der Waals surface area (Å²) in [6.45, 7) is 0.934. The number of rotatable bonds is 6. The van der Waals surface area contributed by atoms with Crippen LogP contribution < -0.4 is 14.4 Å². The molecule has 5 rings (SSSR count). The highest BCUT2D eigenvalue weighted by atomic mass is 35.5. The van der Waals surface area contributed by atoms with E-state index >= 15 is 0 Å². The number of carbonyl (C=O) groups is 1. The van der Waals surface area contributed by atoms with Crippen molar-refractivity contribution in [3.63, 3.8) is 0 Å². The molecule has 1 aromatic heterocycles. The van der Waals surface area contributed by atoms with Gasteiger partial charge in [0.25, 0.3) is 0 Å². The Labute approximate surface area is 207 Å². The fraction of sp³-hybridized carbons (Fsp3) is 0.231. The number of hydrogen-bond acceptors (Lipinski definition) is 4. The summed E-state index contributed by atoms with van der Waals surface area (Å²) in [5, 5.41) is 1.20. The maximum Gasteiger partial charge on any atom is 0.227 e. The van der Waals surface area contributed by atoms with Crippen LogP contribution in [0.15, 0.2) is 60.7 Å². The van der Waals surface area contributed by atoms with E-state index in [2.05, 4.69) is 4.57 Å². The number of carbonyl (C=O) groups excluding carboxylic acids is 1. The molecule has 0 N–H and O–H groups in total. The number of amides is 1. The van der Waals surface area contributed by atoms with Crippen LogP contribution in [0.5, 0.6) is 11.5 Å². The molecule has 8 heteroatoms. The van der Waals surface area contributed by atoms with E-state index in [0.717, 1.165) is 22.4 Å². The molecule has 1 fully saturated rings. The second-order valence-corrected chi connectivity index (χ2v) is 9.00. The molecule has 1 aliphatic rings. The summed E-state index contributed by atoms with van der Waals surface area (Å²) in [7, 11) is 3.19. The molecule has 4 aromatic rings. The van der Waals surface area contributed by atoms with E-state index in [-0.39, 0.29) is 11.8 Å². The van der Waals surface area contributed by atoms with E-state index in [1.807, 2.05) is 60.7 Å². The number of fused-ring (bicyclic) bond motifs is 1. The minimum Gasteiger partial charge on any atom is -0.497 e. The van der Waals surface area contributed by atoms with Crippen molar-refractivity contribution in [1.82, 2.24) is 9.55 Å². The highest BCUT2D eigenvalue weighted by Crippen LogP contribution is 2.39. The maximum absolute atomic E-state index is 13.2. The van der Waals surface area contributed by atoms with Gasteiger partial charge in [0.2, 0.25) is 5.91 Å². The second kappa shape index (κ2) is 9.20. The molecular weight excluding hydrogens is 473 g/mol. The number of imidazole rings is 1. The molecule has 0 spiro atoms. The zero-order chi connectivity index (χ0) is 23.8. The quantitative estimate of drug-likeness (QED) is 0.332. The predicted molar refractivity (Wildman–Crippen MR) is 135 cm³/mol. The molecule has 0 saturated carbocycles. The van der Waals surface area contributed by atoms with Gasteiger partial charge in [-0.3, -0.25) is 4.79 Å². The zero-order valence-corrected chi connectivity index (χ0v) is 20.3. The van der Waals surface area contributed by atoms with E-state index in [1.165, 1.54) is 0 Å². The molecule has 0 bridgehead atoms. The van der Waals surface area contributed by atoms with Crippen molar-refractivity contribution < 1.29 is 14.3 Å². The number of ether oxygens (including phenoxy) is 2. The fourth-order valence-electron chi connectivity index (χ4n) is 4.53. The van der Waals surface area contributed by atoms with Gasteiger partial charge in [0.05, 0.1) is 37.5 Å². The third-order valence-corrected chi connectivity index (χ3v) is 6.94. The van der Waals surface area contributed by atoms with E-state index < -0.39 is 0 Å². The smallest absolute Gasteiger partial charge is 0.227 e. The monoisotopic (exact) mass is 495 g/mol. The van der Waals surface area contributed by atoms with Crippen LogP contribution >= 0.6 is 23.2 Å². The van der Waals surface area contributed by atoms with Gasteiger partial charge in [-0.1, -0.05) is 41.4 Å². The van der Waals surface area contributed by atoms with Gasteiger partial charge in [0.1, 0.15) is 17.3 Å². The lowest BCUT2D eigenvalue weighted by molar-refractivity contribution is -0.117. The lowest BCUT2D eigenvalue weighted by atomic mass is 10.1. The molecule has 174 valence electrons. The van der Waals surface area contributed by atoms with Gasteiger partial charge in [0, 0.05) is 40.6 Å². The number of aromatic nitrogens is 2. The number of halogens is 2. The van der Waals surface area contributed by atoms with Crippen LogP contribution in [0.3, 0.4) is 0 Å². The number of methoxy groups -OCH3 is 2. The molecule has 3 aromatic carbocycles. The third kappa shape index (κ3) is 3.97. The standard InChI is InChI=1S/C26H23Cl2N3O3/c1-33-17-10-11-24(34-2)23(13-17)30-14-16(12-25(30)32)26-29-21-8-3-4-9-22(21)31(26)15-18-19(27)6-5-7-20(18)28/h3-11,13,16H,12,14-15H2,1-2H3. The maximum atomic E-state index is 13.2. The Morgan fingerprint density at radius 3 is 2.50 bits per heavy atom. The average Bonchev–Trinajstić information content (AvgIpc) is 3.41. The van der Waals surface area contributed by atoms with Gasteiger partial charge in [-0.15, -0.1) is 0 Å². The second-order valence-electron chi connectivity index (χ2n) is 8.19. The van der Waals surface area contributed by atoms with Crippen LogP contribution in [-0.4, -0.2) is 36.2 Å². The number of para-hydroxylation sites is 2. The largest absolute Gasteiger partial charge is 0.497 e. The third-order valence-electron chi connectivity index (χ3n) is 6.23. The molecule has 6 nitrogen and oxygen atoms in total. The first kappa shape index (κ1) is 22.6. The fourth-order valence-corrected chi connectivity index (χ4v) is 5.05. The van der Waals surface area contributed by atoms with Crippen molar-refractivity contribution in [2.24, 2.45) is 0 Å². The molecule has 2 heterocycles. The van der Waals surface area contributed by atoms with E-state index in [4.69, 9.17) is 37.7 Å². The van der Waals surface area contributed by atoms with Gasteiger partial charge < -0.3 is 18.9 Å². The van der Waals surface area contributed by atoms with Crippen LogP contribution in [-0.2, 0) is 11.3 Å². The lowest BCUT2D eigenvalue weighted by Gasteiger charge is -2.21. The van der Waals surface area contributed by atoms with E-state index in [9.17, 15) is 4.79 Å². The number of benzene rings is 3. The van der Waals surface area contributed by atoms with Crippen molar-refractivity contribution in [3.8, 4) is 11.5 Å². The van der Waals surface area contributed by atoms with E-state index in [1.54, 1.807) is 19.1 Å². The SMILES string of the molecule is COc1ccc(OC)c(N2CC(c3nc4ccccc4n3Cc3c(Cl)cccc3Cl)CC2=O)c1. The van der Waals surface area contributed by atoms with Crippen molar-refractivity contribution in [2.75, 3.05) is 25.7 Å². The van der Waals surface area contributed by atoms with Crippen molar-refractivity contribution in [1.29, 1.82) is 0 Å². The van der Waals surface area contributed by atoms with Crippen LogP contribution in [0.1, 0.15) is 23.7 Å². The molecule has 1 aliphatic heterocycles. The molecule has 1 atom stereocenters. The minimum atomic E-state index is -0.114. The Kier molecular flexibility index (Phi) is 6.11. The summed E-state index contributed by atoms with van der Waals surface area (Å²) in [6.07, 6.45) is 0.333. The van der Waals surface area contributed by atoms with Crippen LogP contribution in [0.25, 0.3) is 11.0 Å². The Balaban J connectivity index is 1.56. The summed E-state index contributed by atoms with van der Waals surface area (Å²) in [5.41, 5.74) is 3.35. The number of anilines is 1. The first-order chi connectivity index (χ1) is 16.5. The Bertz CT molecular complexity index is 1360. The van der Waals surface area contributed by atoms with E-state index in [0.29, 0.717) is 46.7 Å². The van der Waals surface area contributed by atoms with Crippen molar-refractivity contribution in [3.05, 3.63) is 82.1 Å². The van der Waals surface area contributed by atoms with Gasteiger partial charge in [-0.05, 0) is 36.4 Å². The zero-order valence-electron chi connectivity index (χ0n) is 18.8. The summed E-state index contributed by atoms with van der Waals surface area (Å²) in [6, 6.07) is 18.9. The summed E-state index contributed by atoms with van der Waals surface area (Å²) in [5.74, 6) is 2.00. The summed E-state index contributed by atoms with van der Waals surface area (Å²) >= 11 is 13.0. The molecular formula is C26H23Cl2N3O3. The van der Waals surface area contributed by atoms with Crippen LogP contribution in [0.2, 0.25) is 10.0 Å². The number of hydrogen-bond donors (Lipinski definition) is 0. The average molecular weight is 496 g/mol. The summed E-state index contributed by atoms with van der Waals surface area (Å²) < 4.78 is 13.0. The Morgan fingerprint density at radius 2 is 1.76 bits per heavy atom. The van der Waals surface area contributed by atoms with Gasteiger partial charge in [-0.25, -0.2) is 4.98 Å². The van der Waals surface area contributed by atoms with Gasteiger partial charge >= 0.3 is 0 Å². The van der Waals surface area contributed by atoms with Crippen molar-refractivity contribution in [2.45, 2.75) is 18.9 Å². The molecule has 1 amide bonds. The minimum absolute atomic E-state index is 0.00550. The lowest BCUT2D eigenvalue weighted by Crippen LogP contribution is -2.25. The molecule has 0 aliphatic carbocycles.